The van der Waals surface area contributed by atoms with Crippen molar-refractivity contribution in [2.75, 3.05) is 13.1 Å². The number of imide groups is 1. The molecule has 2 aliphatic rings. The predicted octanol–water partition coefficient (Wildman–Crippen LogP) is 1.59. The zero-order chi connectivity index (χ0) is 13.4. The topological polar surface area (TPSA) is 49.4 Å². The van der Waals surface area contributed by atoms with E-state index in [-0.39, 0.29) is 11.8 Å². The van der Waals surface area contributed by atoms with Crippen LogP contribution in [0, 0.1) is 0 Å². The van der Waals surface area contributed by atoms with Crippen molar-refractivity contribution >= 4 is 11.8 Å². The van der Waals surface area contributed by atoms with Gasteiger partial charge in [0.2, 0.25) is 0 Å². The molecule has 0 saturated heterocycles. The van der Waals surface area contributed by atoms with Gasteiger partial charge in [0.25, 0.3) is 11.8 Å². The summed E-state index contributed by atoms with van der Waals surface area (Å²) in [6, 6.07) is 7.54. The summed E-state index contributed by atoms with van der Waals surface area (Å²) in [5.41, 5.74) is 1.85. The lowest BCUT2D eigenvalue weighted by molar-refractivity contribution is 0.0667. The number of nitrogens with zero attached hydrogens (tertiary/aromatic N) is 1. The van der Waals surface area contributed by atoms with Gasteiger partial charge in [-0.15, -0.1) is 0 Å². The Bertz CT molecular complexity index is 526. The average Bonchev–Trinajstić information content (AvgIpc) is 3.22. The van der Waals surface area contributed by atoms with Crippen LogP contribution in [0.15, 0.2) is 36.4 Å². The van der Waals surface area contributed by atoms with Gasteiger partial charge in [0.1, 0.15) is 0 Å². The van der Waals surface area contributed by atoms with Crippen molar-refractivity contribution < 1.29 is 9.59 Å². The van der Waals surface area contributed by atoms with E-state index in [9.17, 15) is 9.59 Å². The molecule has 4 heteroatoms. The van der Waals surface area contributed by atoms with Gasteiger partial charge in [-0.1, -0.05) is 18.7 Å². The summed E-state index contributed by atoms with van der Waals surface area (Å²) in [4.78, 5) is 25.6. The molecular formula is C15H16N2O2. The van der Waals surface area contributed by atoms with E-state index in [1.54, 1.807) is 24.3 Å². The van der Waals surface area contributed by atoms with E-state index in [0.29, 0.717) is 30.3 Å². The van der Waals surface area contributed by atoms with Crippen LogP contribution in [-0.4, -0.2) is 35.8 Å². The Hall–Kier alpha value is -1.94. The molecule has 0 spiro atoms. The molecule has 98 valence electrons. The Morgan fingerprint density at radius 1 is 1.21 bits per heavy atom. The normalized spacial score (nSPS) is 17.8. The second-order valence-corrected chi connectivity index (χ2v) is 5.15. The first-order chi connectivity index (χ1) is 9.16. The maximum Gasteiger partial charge on any atom is 0.261 e. The number of rotatable bonds is 5. The number of benzene rings is 1. The van der Waals surface area contributed by atoms with E-state index < -0.39 is 0 Å². The third kappa shape index (κ3) is 2.31. The van der Waals surface area contributed by atoms with Crippen LogP contribution in [0.25, 0.3) is 0 Å². The number of hydrogen-bond donors (Lipinski definition) is 1. The van der Waals surface area contributed by atoms with E-state index in [1.807, 2.05) is 0 Å². The number of nitrogens with one attached hydrogen (secondary N) is 1. The summed E-state index contributed by atoms with van der Waals surface area (Å²) in [5, 5.41) is 3.33. The lowest BCUT2D eigenvalue weighted by atomic mass is 10.1. The number of carbonyl (C=O) groups is 2. The van der Waals surface area contributed by atoms with Gasteiger partial charge in [-0.3, -0.25) is 14.5 Å². The molecule has 4 nitrogen and oxygen atoms in total. The fourth-order valence-corrected chi connectivity index (χ4v) is 2.24. The second-order valence-electron chi connectivity index (χ2n) is 5.15. The molecule has 0 atom stereocenters. The van der Waals surface area contributed by atoms with Gasteiger partial charge in [-0.2, -0.15) is 0 Å². The lowest BCUT2D eigenvalue weighted by Crippen LogP contribution is -2.34. The van der Waals surface area contributed by atoms with Crippen molar-refractivity contribution in [3.63, 3.8) is 0 Å². The molecule has 19 heavy (non-hydrogen) atoms. The Morgan fingerprint density at radius 3 is 2.32 bits per heavy atom. The molecule has 0 unspecified atom stereocenters. The van der Waals surface area contributed by atoms with Gasteiger partial charge in [-0.05, 0) is 30.5 Å². The zero-order valence-corrected chi connectivity index (χ0v) is 10.7. The molecule has 1 N–H and O–H groups in total. The fraction of sp³-hybridized carbons (Fsp3) is 0.333. The van der Waals surface area contributed by atoms with Crippen molar-refractivity contribution in [3.05, 3.63) is 47.5 Å². The maximum absolute atomic E-state index is 12.1. The van der Waals surface area contributed by atoms with Gasteiger partial charge in [0, 0.05) is 12.6 Å². The number of amides is 2. The van der Waals surface area contributed by atoms with Gasteiger partial charge in [0.15, 0.2) is 0 Å². The third-order valence-corrected chi connectivity index (χ3v) is 3.48. The highest BCUT2D eigenvalue weighted by molar-refractivity contribution is 6.21. The molecule has 1 saturated carbocycles. The summed E-state index contributed by atoms with van der Waals surface area (Å²) < 4.78 is 0. The van der Waals surface area contributed by atoms with Crippen LogP contribution in [0.2, 0.25) is 0 Å². The van der Waals surface area contributed by atoms with Crippen molar-refractivity contribution in [2.45, 2.75) is 18.9 Å². The van der Waals surface area contributed by atoms with E-state index in [4.69, 9.17) is 0 Å². The van der Waals surface area contributed by atoms with E-state index in [0.717, 1.165) is 5.57 Å². The van der Waals surface area contributed by atoms with Crippen LogP contribution >= 0.6 is 0 Å². The number of fused-ring (bicyclic) bond motifs is 1. The average molecular weight is 256 g/mol. The van der Waals surface area contributed by atoms with Crippen molar-refractivity contribution in [1.82, 2.24) is 10.2 Å². The minimum atomic E-state index is -0.215. The van der Waals surface area contributed by atoms with Crippen LogP contribution in [0.3, 0.4) is 0 Å². The molecule has 1 aliphatic heterocycles. The second kappa shape index (κ2) is 4.63. The van der Waals surface area contributed by atoms with Gasteiger partial charge >= 0.3 is 0 Å². The summed E-state index contributed by atoms with van der Waals surface area (Å²) in [7, 11) is 0. The molecule has 1 fully saturated rings. The first-order valence-corrected chi connectivity index (χ1v) is 6.52. The van der Waals surface area contributed by atoms with E-state index >= 15 is 0 Å². The lowest BCUT2D eigenvalue weighted by Gasteiger charge is -2.15. The van der Waals surface area contributed by atoms with Crippen LogP contribution in [-0.2, 0) is 0 Å². The van der Waals surface area contributed by atoms with E-state index in [1.165, 1.54) is 17.7 Å². The summed E-state index contributed by atoms with van der Waals surface area (Å²) in [6.07, 6.45) is 2.42. The highest BCUT2D eigenvalue weighted by Crippen LogP contribution is 2.23. The van der Waals surface area contributed by atoms with Gasteiger partial charge < -0.3 is 5.32 Å². The molecule has 3 rings (SSSR count). The monoisotopic (exact) mass is 256 g/mol. The predicted molar refractivity (Wildman–Crippen MR) is 72.0 cm³/mol. The van der Waals surface area contributed by atoms with Crippen molar-refractivity contribution in [1.29, 1.82) is 0 Å². The van der Waals surface area contributed by atoms with Crippen molar-refractivity contribution in [2.24, 2.45) is 0 Å². The van der Waals surface area contributed by atoms with Gasteiger partial charge in [0.05, 0.1) is 17.7 Å². The molecule has 2 amide bonds. The number of carbonyl (C=O) groups excluding carboxylic acids is 2. The molecule has 1 aromatic rings. The summed E-state index contributed by atoms with van der Waals surface area (Å²) in [5.74, 6) is -0.429. The van der Waals surface area contributed by atoms with E-state index in [2.05, 4.69) is 11.9 Å². The first kappa shape index (κ1) is 12.1. The molecular weight excluding hydrogens is 240 g/mol. The van der Waals surface area contributed by atoms with Crippen molar-refractivity contribution in [3.8, 4) is 0 Å². The molecule has 1 aliphatic carbocycles. The Kier molecular flexibility index (Phi) is 2.95. The molecule has 0 bridgehead atoms. The summed E-state index contributed by atoms with van der Waals surface area (Å²) >= 11 is 0. The molecule has 0 aromatic heterocycles. The largest absolute Gasteiger partial charge is 0.310 e. The standard InChI is InChI=1S/C15H16N2O2/c1-10(8-16-11-6-7-11)9-17-14(18)12-4-2-3-5-13(12)15(17)19/h2-5,11,16H,1,6-9H2. The maximum atomic E-state index is 12.1. The first-order valence-electron chi connectivity index (χ1n) is 6.52. The molecule has 1 heterocycles. The molecule has 0 radical (unpaired) electrons. The van der Waals surface area contributed by atoms with Crippen LogP contribution in [0.1, 0.15) is 33.6 Å². The fourth-order valence-electron chi connectivity index (χ4n) is 2.24. The Morgan fingerprint density at radius 2 is 1.79 bits per heavy atom. The minimum absolute atomic E-state index is 0.215. The summed E-state index contributed by atoms with van der Waals surface area (Å²) in [6.45, 7) is 4.90. The number of hydrogen-bond acceptors (Lipinski definition) is 3. The smallest absolute Gasteiger partial charge is 0.261 e. The Balaban J connectivity index is 1.67. The molecule has 1 aromatic carbocycles. The Labute approximate surface area is 112 Å². The van der Waals surface area contributed by atoms with Crippen LogP contribution < -0.4 is 5.32 Å². The highest BCUT2D eigenvalue weighted by Gasteiger charge is 2.35. The van der Waals surface area contributed by atoms with Gasteiger partial charge in [-0.25, -0.2) is 0 Å². The SMILES string of the molecule is C=C(CNC1CC1)CN1C(=O)c2ccccc2C1=O. The zero-order valence-electron chi connectivity index (χ0n) is 10.7. The highest BCUT2D eigenvalue weighted by atomic mass is 16.2. The van der Waals surface area contributed by atoms with Crippen LogP contribution in [0.5, 0.6) is 0 Å². The van der Waals surface area contributed by atoms with Crippen LogP contribution in [0.4, 0.5) is 0 Å². The minimum Gasteiger partial charge on any atom is -0.310 e. The quantitative estimate of drug-likeness (QED) is 0.643. The third-order valence-electron chi connectivity index (χ3n) is 3.48.